The van der Waals surface area contributed by atoms with Gasteiger partial charge in [0.25, 0.3) is 0 Å². The van der Waals surface area contributed by atoms with Gasteiger partial charge >= 0.3 is 0 Å². The molecule has 0 aliphatic heterocycles. The molecule has 1 aromatic rings. The first-order valence-corrected chi connectivity index (χ1v) is 4.59. The molecule has 0 saturated carbocycles. The Morgan fingerprint density at radius 3 is 2.69 bits per heavy atom. The molecule has 1 rings (SSSR count). The second-order valence-electron chi connectivity index (χ2n) is 2.93. The lowest BCUT2D eigenvalue weighted by molar-refractivity contribution is 0.296. The lowest BCUT2D eigenvalue weighted by Crippen LogP contribution is -2.00. The van der Waals surface area contributed by atoms with Gasteiger partial charge in [0, 0.05) is 6.61 Å². The van der Waals surface area contributed by atoms with Crippen LogP contribution in [-0.4, -0.2) is 18.8 Å². The fraction of sp³-hybridized carbons (Fsp3) is 0.455. The van der Waals surface area contributed by atoms with Crippen LogP contribution in [0, 0.1) is 0 Å². The van der Waals surface area contributed by atoms with Gasteiger partial charge in [0.15, 0.2) is 0 Å². The molecule has 0 atom stereocenters. The number of ether oxygens (including phenoxy) is 1. The Morgan fingerprint density at radius 2 is 2.15 bits per heavy atom. The number of methoxy groups -OCH3 is 1. The summed E-state index contributed by atoms with van der Waals surface area (Å²) in [5, 5.41) is 8.90. The van der Waals surface area contributed by atoms with Crippen molar-refractivity contribution in [2.45, 2.75) is 19.8 Å². The minimum atomic E-state index is 0.174. The van der Waals surface area contributed by atoms with Gasteiger partial charge in [-0.1, -0.05) is 19.1 Å². The molecular formula is C11H16O2. The summed E-state index contributed by atoms with van der Waals surface area (Å²) in [4.78, 5) is 0. The van der Waals surface area contributed by atoms with Gasteiger partial charge in [-0.2, -0.15) is 0 Å². The highest BCUT2D eigenvalue weighted by Crippen LogP contribution is 2.22. The predicted molar refractivity (Wildman–Crippen MR) is 53.2 cm³/mol. The SMILES string of the molecule is CCc1cccc(OC)c1CCO. The van der Waals surface area contributed by atoms with E-state index in [4.69, 9.17) is 9.84 Å². The van der Waals surface area contributed by atoms with Gasteiger partial charge in [-0.3, -0.25) is 0 Å². The molecule has 72 valence electrons. The summed E-state index contributed by atoms with van der Waals surface area (Å²) in [5.41, 5.74) is 2.39. The normalized spacial score (nSPS) is 10.1. The van der Waals surface area contributed by atoms with Crippen molar-refractivity contribution in [2.75, 3.05) is 13.7 Å². The van der Waals surface area contributed by atoms with E-state index < -0.39 is 0 Å². The molecule has 0 heterocycles. The van der Waals surface area contributed by atoms with Crippen molar-refractivity contribution in [3.8, 4) is 5.75 Å². The first-order valence-electron chi connectivity index (χ1n) is 4.59. The Labute approximate surface area is 79.2 Å². The van der Waals surface area contributed by atoms with Gasteiger partial charge in [-0.05, 0) is 30.0 Å². The number of hydrogen-bond acceptors (Lipinski definition) is 2. The molecule has 0 saturated heterocycles. The van der Waals surface area contributed by atoms with Crippen LogP contribution in [-0.2, 0) is 12.8 Å². The maximum atomic E-state index is 8.90. The van der Waals surface area contributed by atoms with Crippen molar-refractivity contribution in [2.24, 2.45) is 0 Å². The minimum absolute atomic E-state index is 0.174. The van der Waals surface area contributed by atoms with Gasteiger partial charge < -0.3 is 9.84 Å². The summed E-state index contributed by atoms with van der Waals surface area (Å²) < 4.78 is 5.23. The zero-order valence-electron chi connectivity index (χ0n) is 8.21. The zero-order valence-corrected chi connectivity index (χ0v) is 8.21. The third-order valence-corrected chi connectivity index (χ3v) is 2.19. The summed E-state index contributed by atoms with van der Waals surface area (Å²) in [6.07, 6.45) is 1.65. The molecule has 0 aliphatic rings. The molecule has 0 amide bonds. The summed E-state index contributed by atoms with van der Waals surface area (Å²) >= 11 is 0. The maximum absolute atomic E-state index is 8.90. The van der Waals surface area contributed by atoms with Crippen LogP contribution in [0.2, 0.25) is 0 Å². The number of aliphatic hydroxyl groups is 1. The van der Waals surface area contributed by atoms with Gasteiger partial charge in [0.2, 0.25) is 0 Å². The number of aryl methyl sites for hydroxylation is 1. The van der Waals surface area contributed by atoms with Crippen molar-refractivity contribution in [3.63, 3.8) is 0 Å². The van der Waals surface area contributed by atoms with Crippen LogP contribution < -0.4 is 4.74 Å². The molecule has 0 aromatic heterocycles. The van der Waals surface area contributed by atoms with E-state index in [0.29, 0.717) is 6.42 Å². The van der Waals surface area contributed by atoms with Crippen molar-refractivity contribution < 1.29 is 9.84 Å². The summed E-state index contributed by atoms with van der Waals surface area (Å²) in [6, 6.07) is 6.00. The topological polar surface area (TPSA) is 29.5 Å². The van der Waals surface area contributed by atoms with E-state index in [1.54, 1.807) is 7.11 Å². The summed E-state index contributed by atoms with van der Waals surface area (Å²) in [5.74, 6) is 0.883. The van der Waals surface area contributed by atoms with Crippen molar-refractivity contribution >= 4 is 0 Å². The van der Waals surface area contributed by atoms with Crippen LogP contribution in [0.25, 0.3) is 0 Å². The highest BCUT2D eigenvalue weighted by molar-refractivity contribution is 5.40. The van der Waals surface area contributed by atoms with Gasteiger partial charge in [-0.15, -0.1) is 0 Å². The first-order chi connectivity index (χ1) is 6.33. The van der Waals surface area contributed by atoms with Crippen LogP contribution in [0.3, 0.4) is 0 Å². The van der Waals surface area contributed by atoms with Crippen LogP contribution in [0.4, 0.5) is 0 Å². The van der Waals surface area contributed by atoms with E-state index in [0.717, 1.165) is 17.7 Å². The maximum Gasteiger partial charge on any atom is 0.122 e. The van der Waals surface area contributed by atoms with E-state index in [2.05, 4.69) is 13.0 Å². The largest absolute Gasteiger partial charge is 0.496 e. The Kier molecular flexibility index (Phi) is 3.77. The lowest BCUT2D eigenvalue weighted by Gasteiger charge is -2.11. The van der Waals surface area contributed by atoms with Gasteiger partial charge in [-0.25, -0.2) is 0 Å². The highest BCUT2D eigenvalue weighted by Gasteiger charge is 2.06. The molecule has 0 bridgehead atoms. The van der Waals surface area contributed by atoms with E-state index in [1.807, 2.05) is 12.1 Å². The fourth-order valence-corrected chi connectivity index (χ4v) is 1.53. The number of hydrogen-bond donors (Lipinski definition) is 1. The average Bonchev–Trinajstić information content (AvgIpc) is 2.18. The van der Waals surface area contributed by atoms with Crippen molar-refractivity contribution in [1.29, 1.82) is 0 Å². The average molecular weight is 180 g/mol. The molecular weight excluding hydrogens is 164 g/mol. The first kappa shape index (κ1) is 10.1. The smallest absolute Gasteiger partial charge is 0.122 e. The zero-order chi connectivity index (χ0) is 9.68. The second-order valence-corrected chi connectivity index (χ2v) is 2.93. The molecule has 0 spiro atoms. The quantitative estimate of drug-likeness (QED) is 0.765. The summed E-state index contributed by atoms with van der Waals surface area (Å²) in [6.45, 7) is 2.28. The number of aliphatic hydroxyl groups excluding tert-OH is 1. The standard InChI is InChI=1S/C11H16O2/c1-3-9-5-4-6-11(13-2)10(9)7-8-12/h4-6,12H,3,7-8H2,1-2H3. The van der Waals surface area contributed by atoms with Crippen molar-refractivity contribution in [1.82, 2.24) is 0 Å². The Hall–Kier alpha value is -1.02. The monoisotopic (exact) mass is 180 g/mol. The third kappa shape index (κ3) is 2.22. The highest BCUT2D eigenvalue weighted by atomic mass is 16.5. The lowest BCUT2D eigenvalue weighted by atomic mass is 10.0. The Balaban J connectivity index is 3.05. The molecule has 0 aliphatic carbocycles. The predicted octanol–water partition coefficient (Wildman–Crippen LogP) is 1.79. The van der Waals surface area contributed by atoms with Crippen molar-refractivity contribution in [3.05, 3.63) is 29.3 Å². The van der Waals surface area contributed by atoms with Crippen LogP contribution >= 0.6 is 0 Å². The molecule has 0 fully saturated rings. The molecule has 2 heteroatoms. The number of rotatable bonds is 4. The number of benzene rings is 1. The fourth-order valence-electron chi connectivity index (χ4n) is 1.53. The van der Waals surface area contributed by atoms with E-state index in [1.165, 1.54) is 5.56 Å². The van der Waals surface area contributed by atoms with Gasteiger partial charge in [0.1, 0.15) is 5.75 Å². The molecule has 2 nitrogen and oxygen atoms in total. The molecule has 13 heavy (non-hydrogen) atoms. The molecule has 1 N–H and O–H groups in total. The molecule has 0 unspecified atom stereocenters. The van der Waals surface area contributed by atoms with E-state index >= 15 is 0 Å². The van der Waals surface area contributed by atoms with Gasteiger partial charge in [0.05, 0.1) is 7.11 Å². The van der Waals surface area contributed by atoms with E-state index in [9.17, 15) is 0 Å². The van der Waals surface area contributed by atoms with Crippen LogP contribution in [0.1, 0.15) is 18.1 Å². The minimum Gasteiger partial charge on any atom is -0.496 e. The molecule has 1 aromatic carbocycles. The second kappa shape index (κ2) is 4.87. The van der Waals surface area contributed by atoms with Crippen LogP contribution in [0.5, 0.6) is 5.75 Å². The summed E-state index contributed by atoms with van der Waals surface area (Å²) in [7, 11) is 1.66. The third-order valence-electron chi connectivity index (χ3n) is 2.19. The van der Waals surface area contributed by atoms with Crippen LogP contribution in [0.15, 0.2) is 18.2 Å². The molecule has 0 radical (unpaired) electrons. The Morgan fingerprint density at radius 1 is 1.38 bits per heavy atom. The van der Waals surface area contributed by atoms with E-state index in [-0.39, 0.29) is 6.61 Å². The Bertz CT molecular complexity index is 247.